The molecular formula is C7H14BrN3O2. The minimum absolute atomic E-state index is 0.121. The number of carbonyl (C=O) groups is 2. The summed E-state index contributed by atoms with van der Waals surface area (Å²) in [5, 5.41) is 2.86. The summed E-state index contributed by atoms with van der Waals surface area (Å²) >= 11 is 2.97. The predicted octanol–water partition coefficient (Wildman–Crippen LogP) is -1.26. The van der Waals surface area contributed by atoms with Crippen molar-refractivity contribution >= 4 is 27.6 Å². The number of alkyl halides is 1. The van der Waals surface area contributed by atoms with Gasteiger partial charge in [0.15, 0.2) is 5.78 Å². The van der Waals surface area contributed by atoms with Crippen LogP contribution in [0.25, 0.3) is 0 Å². The minimum atomic E-state index is -0.897. The molecule has 0 rings (SSSR count). The molecule has 1 amide bonds. The number of rotatable bonds is 7. The fraction of sp³-hybridized carbons (Fsp3) is 0.714. The van der Waals surface area contributed by atoms with E-state index >= 15 is 0 Å². The van der Waals surface area contributed by atoms with Crippen LogP contribution in [0, 0.1) is 0 Å². The van der Waals surface area contributed by atoms with Gasteiger partial charge >= 0.3 is 0 Å². The molecule has 1 unspecified atom stereocenters. The van der Waals surface area contributed by atoms with Crippen LogP contribution < -0.4 is 16.8 Å². The molecule has 5 nitrogen and oxygen atoms in total. The number of amides is 1. The molecule has 0 spiro atoms. The normalized spacial score (nSPS) is 12.5. The van der Waals surface area contributed by atoms with Crippen molar-refractivity contribution in [3.63, 3.8) is 0 Å². The van der Waals surface area contributed by atoms with Crippen LogP contribution in [0.4, 0.5) is 0 Å². The summed E-state index contributed by atoms with van der Waals surface area (Å²) in [5.41, 5.74) is 10.3. The Labute approximate surface area is 85.3 Å². The Morgan fingerprint density at radius 2 is 2.08 bits per heavy atom. The zero-order chi connectivity index (χ0) is 10.3. The first-order valence-corrected chi connectivity index (χ1v) is 5.07. The second-order valence-corrected chi connectivity index (χ2v) is 3.09. The summed E-state index contributed by atoms with van der Waals surface area (Å²) in [7, 11) is 0. The Hall–Kier alpha value is -0.460. The first-order valence-electron chi connectivity index (χ1n) is 3.95. The lowest BCUT2D eigenvalue weighted by Crippen LogP contribution is -2.48. The Morgan fingerprint density at radius 1 is 1.46 bits per heavy atom. The molecule has 0 fully saturated rings. The summed E-state index contributed by atoms with van der Waals surface area (Å²) < 4.78 is 0. The van der Waals surface area contributed by atoms with E-state index in [4.69, 9.17) is 11.5 Å². The second kappa shape index (κ2) is 6.99. The third-order valence-corrected chi connectivity index (χ3v) is 2.02. The quantitative estimate of drug-likeness (QED) is 0.299. The number of ketones is 1. The first-order chi connectivity index (χ1) is 6.13. The van der Waals surface area contributed by atoms with Gasteiger partial charge in [0.25, 0.3) is 0 Å². The van der Waals surface area contributed by atoms with Gasteiger partial charge in [-0.3, -0.25) is 14.9 Å². The number of primary amides is 1. The number of hydrogen-bond acceptors (Lipinski definition) is 4. The molecule has 0 aromatic heterocycles. The average molecular weight is 252 g/mol. The monoisotopic (exact) mass is 251 g/mol. The average Bonchev–Trinajstić information content (AvgIpc) is 2.11. The zero-order valence-electron chi connectivity index (χ0n) is 7.25. The molecule has 13 heavy (non-hydrogen) atoms. The SMILES string of the molecule is NCCCNC(C(N)=O)C(=O)CBr. The van der Waals surface area contributed by atoms with Gasteiger partial charge in [0.1, 0.15) is 6.04 Å². The molecule has 5 N–H and O–H groups in total. The molecule has 0 aliphatic rings. The Balaban J connectivity index is 3.95. The van der Waals surface area contributed by atoms with E-state index in [-0.39, 0.29) is 11.1 Å². The fourth-order valence-corrected chi connectivity index (χ4v) is 1.12. The minimum Gasteiger partial charge on any atom is -0.368 e. The van der Waals surface area contributed by atoms with E-state index in [1.54, 1.807) is 0 Å². The molecule has 0 saturated carbocycles. The van der Waals surface area contributed by atoms with Crippen molar-refractivity contribution in [1.29, 1.82) is 0 Å². The van der Waals surface area contributed by atoms with Gasteiger partial charge < -0.3 is 11.5 Å². The van der Waals surface area contributed by atoms with Crippen LogP contribution in [0.3, 0.4) is 0 Å². The van der Waals surface area contributed by atoms with Crippen LogP contribution in [0.15, 0.2) is 0 Å². The summed E-state index contributed by atoms with van der Waals surface area (Å²) in [6.07, 6.45) is 0.708. The molecule has 76 valence electrons. The van der Waals surface area contributed by atoms with Crippen LogP contribution in [0.2, 0.25) is 0 Å². The largest absolute Gasteiger partial charge is 0.368 e. The van der Waals surface area contributed by atoms with E-state index in [9.17, 15) is 9.59 Å². The van der Waals surface area contributed by atoms with Gasteiger partial charge in [-0.2, -0.15) is 0 Å². The van der Waals surface area contributed by atoms with Gasteiger partial charge in [-0.25, -0.2) is 0 Å². The van der Waals surface area contributed by atoms with Gasteiger partial charge in [0.05, 0.1) is 5.33 Å². The standard InChI is InChI=1S/C7H14BrN3O2/c8-4-5(12)6(7(10)13)11-3-1-2-9/h6,11H,1-4,9H2,(H2,10,13). The van der Waals surface area contributed by atoms with Crippen LogP contribution >= 0.6 is 15.9 Å². The number of halogens is 1. The highest BCUT2D eigenvalue weighted by Gasteiger charge is 2.21. The smallest absolute Gasteiger partial charge is 0.242 e. The van der Waals surface area contributed by atoms with Gasteiger partial charge in [-0.1, -0.05) is 15.9 Å². The molecule has 1 atom stereocenters. The van der Waals surface area contributed by atoms with Gasteiger partial charge in [0.2, 0.25) is 5.91 Å². The van der Waals surface area contributed by atoms with E-state index in [0.29, 0.717) is 19.5 Å². The van der Waals surface area contributed by atoms with E-state index in [1.165, 1.54) is 0 Å². The van der Waals surface area contributed by atoms with Crippen molar-refractivity contribution in [2.45, 2.75) is 12.5 Å². The first kappa shape index (κ1) is 12.5. The number of carbonyl (C=O) groups excluding carboxylic acids is 2. The molecule has 0 aliphatic carbocycles. The number of Topliss-reactive ketones (excluding diaryl/α,β-unsaturated/α-hetero) is 1. The Kier molecular flexibility index (Phi) is 6.75. The summed E-state index contributed by atoms with van der Waals surface area (Å²) in [6.45, 7) is 1.03. The van der Waals surface area contributed by atoms with Crippen LogP contribution in [-0.4, -0.2) is 36.2 Å². The molecule has 6 heteroatoms. The van der Waals surface area contributed by atoms with Crippen molar-refractivity contribution < 1.29 is 9.59 Å². The van der Waals surface area contributed by atoms with Crippen molar-refractivity contribution in [3.8, 4) is 0 Å². The summed E-state index contributed by atoms with van der Waals surface area (Å²) in [6, 6.07) is -0.897. The topological polar surface area (TPSA) is 98.2 Å². The van der Waals surface area contributed by atoms with Crippen molar-refractivity contribution in [3.05, 3.63) is 0 Å². The predicted molar refractivity (Wildman–Crippen MR) is 53.5 cm³/mol. The third-order valence-electron chi connectivity index (χ3n) is 1.47. The Bertz CT molecular complexity index is 187. The molecule has 0 aliphatic heterocycles. The van der Waals surface area contributed by atoms with E-state index in [2.05, 4.69) is 21.2 Å². The van der Waals surface area contributed by atoms with Crippen LogP contribution in [0.5, 0.6) is 0 Å². The number of nitrogens with two attached hydrogens (primary N) is 2. The van der Waals surface area contributed by atoms with E-state index in [1.807, 2.05) is 0 Å². The number of nitrogens with one attached hydrogen (secondary N) is 1. The maximum atomic E-state index is 11.1. The second-order valence-electron chi connectivity index (χ2n) is 2.53. The lowest BCUT2D eigenvalue weighted by atomic mass is 10.2. The highest BCUT2D eigenvalue weighted by molar-refractivity contribution is 9.09. The van der Waals surface area contributed by atoms with Gasteiger partial charge in [0, 0.05) is 0 Å². The summed E-state index contributed by atoms with van der Waals surface area (Å²) in [4.78, 5) is 21.9. The lowest BCUT2D eigenvalue weighted by Gasteiger charge is -2.12. The Morgan fingerprint density at radius 3 is 2.46 bits per heavy atom. The van der Waals surface area contributed by atoms with Crippen LogP contribution in [0.1, 0.15) is 6.42 Å². The van der Waals surface area contributed by atoms with Gasteiger partial charge in [-0.05, 0) is 19.5 Å². The fourth-order valence-electron chi connectivity index (χ4n) is 0.799. The molecule has 0 bridgehead atoms. The molecule has 0 heterocycles. The third kappa shape index (κ3) is 4.97. The van der Waals surface area contributed by atoms with Crippen molar-refractivity contribution in [2.75, 3.05) is 18.4 Å². The summed E-state index contributed by atoms with van der Waals surface area (Å²) in [5.74, 6) is -0.911. The zero-order valence-corrected chi connectivity index (χ0v) is 8.84. The molecular weight excluding hydrogens is 238 g/mol. The number of hydrogen-bond donors (Lipinski definition) is 3. The highest BCUT2D eigenvalue weighted by Crippen LogP contribution is 1.91. The van der Waals surface area contributed by atoms with E-state index in [0.717, 1.165) is 0 Å². The van der Waals surface area contributed by atoms with Gasteiger partial charge in [-0.15, -0.1) is 0 Å². The lowest BCUT2D eigenvalue weighted by molar-refractivity contribution is -0.128. The molecule has 0 aromatic carbocycles. The molecule has 0 aromatic rings. The maximum absolute atomic E-state index is 11.1. The maximum Gasteiger partial charge on any atom is 0.242 e. The van der Waals surface area contributed by atoms with Crippen molar-refractivity contribution in [2.24, 2.45) is 11.5 Å². The van der Waals surface area contributed by atoms with E-state index < -0.39 is 11.9 Å². The van der Waals surface area contributed by atoms with Crippen molar-refractivity contribution in [1.82, 2.24) is 5.32 Å². The van der Waals surface area contributed by atoms with Crippen LogP contribution in [-0.2, 0) is 9.59 Å². The molecule has 0 saturated heterocycles. The highest BCUT2D eigenvalue weighted by atomic mass is 79.9. The molecule has 0 radical (unpaired) electrons.